The van der Waals surface area contributed by atoms with E-state index in [1.807, 2.05) is 36.4 Å². The lowest BCUT2D eigenvalue weighted by Gasteiger charge is -2.24. The summed E-state index contributed by atoms with van der Waals surface area (Å²) in [5, 5.41) is 2.93. The van der Waals surface area contributed by atoms with Gasteiger partial charge in [-0.2, -0.15) is 0 Å². The standard InChI is InChI=1S/C22H24N2O4/c25-21(14-16-6-2-1-3-7-16)24-11-4-8-18(24)22(26)23-17-9-10-19-20(15-17)28-13-5-12-27-19/h1-3,6-7,9-10,15,18H,4-5,8,11-14H2,(H,23,26). The SMILES string of the molecule is O=C(Nc1ccc2c(c1)OCCCO2)C1CCCN1C(=O)Cc1ccccc1. The second kappa shape index (κ2) is 8.33. The highest BCUT2D eigenvalue weighted by Gasteiger charge is 2.34. The van der Waals surface area contributed by atoms with Crippen molar-refractivity contribution < 1.29 is 19.1 Å². The minimum absolute atomic E-state index is 0.0116. The van der Waals surface area contributed by atoms with E-state index in [1.165, 1.54) is 0 Å². The highest BCUT2D eigenvalue weighted by Crippen LogP contribution is 2.32. The molecule has 146 valence electrons. The first-order valence-corrected chi connectivity index (χ1v) is 9.74. The molecule has 0 aliphatic carbocycles. The maximum atomic E-state index is 12.8. The molecule has 2 aliphatic rings. The number of carbonyl (C=O) groups is 2. The predicted molar refractivity (Wildman–Crippen MR) is 106 cm³/mol. The highest BCUT2D eigenvalue weighted by atomic mass is 16.5. The number of rotatable bonds is 4. The van der Waals surface area contributed by atoms with Crippen LogP contribution in [0.4, 0.5) is 5.69 Å². The van der Waals surface area contributed by atoms with Gasteiger partial charge in [0.2, 0.25) is 11.8 Å². The molecule has 2 aromatic carbocycles. The molecular weight excluding hydrogens is 356 g/mol. The molecule has 4 rings (SSSR count). The molecule has 1 saturated heterocycles. The fourth-order valence-electron chi connectivity index (χ4n) is 3.68. The molecule has 0 bridgehead atoms. The second-order valence-electron chi connectivity index (χ2n) is 7.11. The molecule has 1 unspecified atom stereocenters. The summed E-state index contributed by atoms with van der Waals surface area (Å²) in [7, 11) is 0. The lowest BCUT2D eigenvalue weighted by atomic mass is 10.1. The Morgan fingerprint density at radius 1 is 1.00 bits per heavy atom. The van der Waals surface area contributed by atoms with Gasteiger partial charge in [-0.25, -0.2) is 0 Å². The van der Waals surface area contributed by atoms with Gasteiger partial charge in [0.25, 0.3) is 0 Å². The van der Waals surface area contributed by atoms with Crippen LogP contribution in [-0.2, 0) is 16.0 Å². The zero-order chi connectivity index (χ0) is 19.3. The van der Waals surface area contributed by atoms with Crippen molar-refractivity contribution in [1.29, 1.82) is 0 Å². The zero-order valence-corrected chi connectivity index (χ0v) is 15.7. The lowest BCUT2D eigenvalue weighted by molar-refractivity contribution is -0.136. The van der Waals surface area contributed by atoms with Gasteiger partial charge in [-0.1, -0.05) is 30.3 Å². The van der Waals surface area contributed by atoms with Gasteiger partial charge in [-0.3, -0.25) is 9.59 Å². The summed E-state index contributed by atoms with van der Waals surface area (Å²) in [6.07, 6.45) is 2.66. The van der Waals surface area contributed by atoms with Crippen LogP contribution in [0.1, 0.15) is 24.8 Å². The molecule has 0 radical (unpaired) electrons. The third-order valence-electron chi connectivity index (χ3n) is 5.09. The summed E-state index contributed by atoms with van der Waals surface area (Å²) in [6, 6.07) is 14.6. The quantitative estimate of drug-likeness (QED) is 0.885. The average Bonchev–Trinajstić information content (AvgIpc) is 3.09. The number of hydrogen-bond acceptors (Lipinski definition) is 4. The average molecular weight is 380 g/mol. The Bertz CT molecular complexity index is 853. The Morgan fingerprint density at radius 2 is 1.79 bits per heavy atom. The second-order valence-corrected chi connectivity index (χ2v) is 7.11. The van der Waals surface area contributed by atoms with Gasteiger partial charge in [-0.15, -0.1) is 0 Å². The van der Waals surface area contributed by atoms with Crippen LogP contribution in [0.2, 0.25) is 0 Å². The number of fused-ring (bicyclic) bond motifs is 1. The fourth-order valence-corrected chi connectivity index (χ4v) is 3.68. The molecular formula is C22H24N2O4. The van der Waals surface area contributed by atoms with E-state index in [0.717, 1.165) is 18.4 Å². The molecule has 0 spiro atoms. The van der Waals surface area contributed by atoms with Gasteiger partial charge < -0.3 is 19.7 Å². The number of nitrogens with zero attached hydrogens (tertiary/aromatic N) is 1. The molecule has 2 aliphatic heterocycles. The first-order valence-electron chi connectivity index (χ1n) is 9.74. The monoisotopic (exact) mass is 380 g/mol. The number of nitrogens with one attached hydrogen (secondary N) is 1. The summed E-state index contributed by atoms with van der Waals surface area (Å²) >= 11 is 0. The van der Waals surface area contributed by atoms with Crippen LogP contribution in [0.5, 0.6) is 11.5 Å². The maximum absolute atomic E-state index is 12.8. The van der Waals surface area contributed by atoms with Crippen molar-refractivity contribution in [3.05, 3.63) is 54.1 Å². The van der Waals surface area contributed by atoms with Crippen molar-refractivity contribution in [2.45, 2.75) is 31.7 Å². The van der Waals surface area contributed by atoms with E-state index in [1.54, 1.807) is 17.0 Å². The van der Waals surface area contributed by atoms with Crippen molar-refractivity contribution in [3.63, 3.8) is 0 Å². The van der Waals surface area contributed by atoms with Gasteiger partial charge in [0, 0.05) is 24.7 Å². The van der Waals surface area contributed by atoms with Crippen LogP contribution in [0.3, 0.4) is 0 Å². The molecule has 2 amide bonds. The lowest BCUT2D eigenvalue weighted by Crippen LogP contribution is -2.43. The van der Waals surface area contributed by atoms with Gasteiger partial charge >= 0.3 is 0 Å². The van der Waals surface area contributed by atoms with Crippen molar-refractivity contribution >= 4 is 17.5 Å². The molecule has 2 aromatic rings. The van der Waals surface area contributed by atoms with Gasteiger partial charge in [0.1, 0.15) is 6.04 Å². The maximum Gasteiger partial charge on any atom is 0.247 e. The van der Waals surface area contributed by atoms with Crippen LogP contribution in [0, 0.1) is 0 Å². The minimum Gasteiger partial charge on any atom is -0.490 e. The number of benzene rings is 2. The van der Waals surface area contributed by atoms with E-state index in [2.05, 4.69) is 5.32 Å². The van der Waals surface area contributed by atoms with Crippen LogP contribution in [0.15, 0.2) is 48.5 Å². The fraction of sp³-hybridized carbons (Fsp3) is 0.364. The van der Waals surface area contributed by atoms with E-state index < -0.39 is 6.04 Å². The van der Waals surface area contributed by atoms with Gasteiger partial charge in [0.15, 0.2) is 11.5 Å². The Hall–Kier alpha value is -3.02. The molecule has 6 nitrogen and oxygen atoms in total. The predicted octanol–water partition coefficient (Wildman–Crippen LogP) is 3.02. The van der Waals surface area contributed by atoms with E-state index >= 15 is 0 Å². The normalized spacial score (nSPS) is 18.4. The molecule has 0 saturated carbocycles. The van der Waals surface area contributed by atoms with Crippen LogP contribution < -0.4 is 14.8 Å². The van der Waals surface area contributed by atoms with Crippen LogP contribution >= 0.6 is 0 Å². The Balaban J connectivity index is 1.42. The van der Waals surface area contributed by atoms with E-state index in [4.69, 9.17) is 9.47 Å². The number of ether oxygens (including phenoxy) is 2. The smallest absolute Gasteiger partial charge is 0.247 e. The Labute approximate surface area is 164 Å². The summed E-state index contributed by atoms with van der Waals surface area (Å²) in [4.78, 5) is 27.3. The summed E-state index contributed by atoms with van der Waals surface area (Å²) in [5.41, 5.74) is 1.61. The molecule has 6 heteroatoms. The molecule has 1 fully saturated rings. The summed E-state index contributed by atoms with van der Waals surface area (Å²) < 4.78 is 11.3. The molecule has 2 heterocycles. The van der Waals surface area contributed by atoms with E-state index in [-0.39, 0.29) is 11.8 Å². The number of likely N-dealkylation sites (tertiary alicyclic amines) is 1. The minimum atomic E-state index is -0.438. The molecule has 0 aromatic heterocycles. The van der Waals surface area contributed by atoms with Crippen molar-refractivity contribution in [2.24, 2.45) is 0 Å². The third-order valence-corrected chi connectivity index (χ3v) is 5.09. The van der Waals surface area contributed by atoms with Gasteiger partial charge in [-0.05, 0) is 30.5 Å². The molecule has 1 N–H and O–H groups in total. The van der Waals surface area contributed by atoms with Gasteiger partial charge in [0.05, 0.1) is 19.6 Å². The summed E-state index contributed by atoms with van der Waals surface area (Å²) in [6.45, 7) is 1.83. The summed E-state index contributed by atoms with van der Waals surface area (Å²) in [5.74, 6) is 1.16. The molecule has 1 atom stereocenters. The van der Waals surface area contributed by atoms with Crippen molar-refractivity contribution in [3.8, 4) is 11.5 Å². The topological polar surface area (TPSA) is 67.9 Å². The third kappa shape index (κ3) is 4.11. The zero-order valence-electron chi connectivity index (χ0n) is 15.7. The number of anilines is 1. The van der Waals surface area contributed by atoms with Crippen LogP contribution in [0.25, 0.3) is 0 Å². The molecule has 28 heavy (non-hydrogen) atoms. The van der Waals surface area contributed by atoms with Crippen LogP contribution in [-0.4, -0.2) is 42.5 Å². The highest BCUT2D eigenvalue weighted by molar-refractivity contribution is 5.98. The first kappa shape index (κ1) is 18.3. The van der Waals surface area contributed by atoms with E-state index in [9.17, 15) is 9.59 Å². The number of amides is 2. The Kier molecular flexibility index (Phi) is 5.46. The largest absolute Gasteiger partial charge is 0.490 e. The van der Waals surface area contributed by atoms with Crippen molar-refractivity contribution in [1.82, 2.24) is 4.90 Å². The van der Waals surface area contributed by atoms with Crippen molar-refractivity contribution in [2.75, 3.05) is 25.1 Å². The van der Waals surface area contributed by atoms with E-state index in [0.29, 0.717) is 49.8 Å². The Morgan fingerprint density at radius 3 is 2.61 bits per heavy atom. The number of carbonyl (C=O) groups excluding carboxylic acids is 2. The number of hydrogen-bond donors (Lipinski definition) is 1. The first-order chi connectivity index (χ1) is 13.7.